The predicted octanol–water partition coefficient (Wildman–Crippen LogP) is 4.69. The monoisotopic (exact) mass is 760 g/mol. The first kappa shape index (κ1) is 40.3. The summed E-state index contributed by atoms with van der Waals surface area (Å²) < 4.78 is 73.2. The molecule has 2 aromatic rings. The third kappa shape index (κ3) is 8.27. The van der Waals surface area contributed by atoms with Gasteiger partial charge in [-0.15, -0.1) is 0 Å². The third-order valence-corrected chi connectivity index (χ3v) is 10.1. The molecule has 3 fully saturated rings. The molecule has 1 aliphatic carbocycles. The van der Waals surface area contributed by atoms with E-state index in [1.807, 2.05) is 4.90 Å². The van der Waals surface area contributed by atoms with Crippen LogP contribution in [0.2, 0.25) is 0 Å². The summed E-state index contributed by atoms with van der Waals surface area (Å²) in [5.74, 6) is -0.0963. The van der Waals surface area contributed by atoms with Gasteiger partial charge in [-0.3, -0.25) is 9.59 Å². The van der Waals surface area contributed by atoms with Gasteiger partial charge in [0.25, 0.3) is 5.91 Å². The summed E-state index contributed by atoms with van der Waals surface area (Å²) in [6.45, 7) is 6.19. The van der Waals surface area contributed by atoms with Crippen LogP contribution in [0.1, 0.15) is 56.2 Å². The number of carbonyl (C=O) groups excluding carboxylic acids is 2. The number of hydrogen-bond acceptors (Lipinski definition) is 11. The van der Waals surface area contributed by atoms with Gasteiger partial charge in [-0.2, -0.15) is 13.2 Å². The Balaban J connectivity index is 1.49. The number of allylic oxidation sites excluding steroid dienone is 1. The van der Waals surface area contributed by atoms with Crippen LogP contribution in [0.4, 0.5) is 18.9 Å². The number of amides is 2. The van der Waals surface area contributed by atoms with Crippen molar-refractivity contribution < 1.29 is 46.4 Å². The number of ether oxygens (including phenoxy) is 5. The van der Waals surface area contributed by atoms with E-state index in [0.29, 0.717) is 64.1 Å². The molecule has 2 saturated heterocycles. The van der Waals surface area contributed by atoms with E-state index >= 15 is 0 Å². The van der Waals surface area contributed by atoms with Crippen LogP contribution in [0.15, 0.2) is 24.4 Å². The largest absolute Gasteiger partial charge is 0.491 e. The molecule has 4 N–H and O–H groups in total. The lowest BCUT2D eigenvalue weighted by Gasteiger charge is -2.39. The van der Waals surface area contributed by atoms with Gasteiger partial charge < -0.3 is 54.8 Å². The van der Waals surface area contributed by atoms with E-state index in [1.54, 1.807) is 23.6 Å². The fourth-order valence-corrected chi connectivity index (χ4v) is 7.26. The van der Waals surface area contributed by atoms with E-state index in [2.05, 4.69) is 5.32 Å². The normalized spacial score (nSPS) is 18.2. The quantitative estimate of drug-likeness (QED) is 0.232. The standard InChI is InChI=1S/C38H51F3N6O7/c1-37(2,36(49)45-16-13-44-14-17-45)54-34-31(51-4)29(30(50-3)32(52-5)33(34)53-6)46-15-7-8-25(21-46)35(48)47(27-11-12-27)22-24-10-9-23(26(19-42)20-43)18-28(24)38(39,40)41/h9-10,18-20,25,27,42,44H,7-8,11-17,21-22,43H2,1-6H3/b26-20+,42-19?/t25-/m1/s1. The van der Waals surface area contributed by atoms with Crippen LogP contribution in [0.25, 0.3) is 5.57 Å². The minimum atomic E-state index is -4.70. The lowest BCUT2D eigenvalue weighted by molar-refractivity contribution is -0.146. The van der Waals surface area contributed by atoms with Crippen molar-refractivity contribution in [3.8, 4) is 28.7 Å². The average molecular weight is 761 g/mol. The van der Waals surface area contributed by atoms with Crippen LogP contribution in [0.3, 0.4) is 0 Å². The minimum absolute atomic E-state index is 0.0384. The zero-order valence-corrected chi connectivity index (χ0v) is 31.7. The van der Waals surface area contributed by atoms with Gasteiger partial charge in [0.1, 0.15) is 5.69 Å². The van der Waals surface area contributed by atoms with Crippen LogP contribution < -0.4 is 39.6 Å². The van der Waals surface area contributed by atoms with Crippen molar-refractivity contribution in [1.82, 2.24) is 15.1 Å². The van der Waals surface area contributed by atoms with Crippen molar-refractivity contribution in [2.75, 3.05) is 72.6 Å². The highest BCUT2D eigenvalue weighted by Gasteiger charge is 2.43. The molecule has 54 heavy (non-hydrogen) atoms. The number of alkyl halides is 3. The maximum atomic E-state index is 14.4. The summed E-state index contributed by atoms with van der Waals surface area (Å²) in [6, 6.07) is 3.64. The van der Waals surface area contributed by atoms with Gasteiger partial charge in [-0.05, 0) is 56.7 Å². The molecule has 296 valence electrons. The molecule has 3 aliphatic rings. The number of hydrogen-bond donors (Lipinski definition) is 3. The maximum Gasteiger partial charge on any atom is 0.416 e. The van der Waals surface area contributed by atoms with E-state index in [9.17, 15) is 22.8 Å². The lowest BCUT2D eigenvalue weighted by atomic mass is 9.94. The maximum absolute atomic E-state index is 14.4. The Morgan fingerprint density at radius 2 is 1.56 bits per heavy atom. The molecule has 0 radical (unpaired) electrons. The van der Waals surface area contributed by atoms with Crippen LogP contribution in [0, 0.1) is 11.3 Å². The molecule has 5 rings (SSSR count). The van der Waals surface area contributed by atoms with E-state index < -0.39 is 23.3 Å². The Hall–Kier alpha value is -4.86. The van der Waals surface area contributed by atoms with E-state index in [4.69, 9.17) is 34.8 Å². The number of benzene rings is 2. The first-order valence-corrected chi connectivity index (χ1v) is 18.0. The first-order chi connectivity index (χ1) is 25.7. The summed E-state index contributed by atoms with van der Waals surface area (Å²) in [4.78, 5) is 33.3. The Morgan fingerprint density at radius 1 is 0.944 bits per heavy atom. The second kappa shape index (κ2) is 16.7. The van der Waals surface area contributed by atoms with E-state index in [0.717, 1.165) is 18.5 Å². The van der Waals surface area contributed by atoms with Gasteiger partial charge in [0, 0.05) is 69.8 Å². The van der Waals surface area contributed by atoms with Gasteiger partial charge in [-0.25, -0.2) is 0 Å². The molecule has 13 nitrogen and oxygen atoms in total. The second-order valence-corrected chi connectivity index (χ2v) is 14.1. The van der Waals surface area contributed by atoms with Crippen LogP contribution in [-0.4, -0.2) is 107 Å². The molecule has 0 aromatic heterocycles. The molecule has 1 atom stereocenters. The Bertz CT molecular complexity index is 1740. The zero-order chi connectivity index (χ0) is 39.4. The van der Waals surface area contributed by atoms with Crippen LogP contribution >= 0.6 is 0 Å². The number of piperidine rings is 1. The second-order valence-electron chi connectivity index (χ2n) is 14.1. The number of halogens is 3. The van der Waals surface area contributed by atoms with Crippen molar-refractivity contribution >= 4 is 29.3 Å². The van der Waals surface area contributed by atoms with Gasteiger partial charge in [-0.1, -0.05) is 12.1 Å². The number of nitrogens with zero attached hydrogens (tertiary/aromatic N) is 3. The molecule has 2 aliphatic heterocycles. The summed E-state index contributed by atoms with van der Waals surface area (Å²) in [6.07, 6.45) is -0.235. The van der Waals surface area contributed by atoms with Gasteiger partial charge >= 0.3 is 6.18 Å². The van der Waals surface area contributed by atoms with Crippen molar-refractivity contribution in [2.24, 2.45) is 11.7 Å². The predicted molar refractivity (Wildman–Crippen MR) is 198 cm³/mol. The molecule has 0 unspecified atom stereocenters. The fourth-order valence-electron chi connectivity index (χ4n) is 7.26. The molecule has 0 bridgehead atoms. The zero-order valence-electron chi connectivity index (χ0n) is 31.7. The minimum Gasteiger partial charge on any atom is -0.491 e. The first-order valence-electron chi connectivity index (χ1n) is 18.0. The Morgan fingerprint density at radius 3 is 2.11 bits per heavy atom. The molecular formula is C38H51F3N6O7. The molecule has 2 amide bonds. The highest BCUT2D eigenvalue weighted by Crippen LogP contribution is 2.59. The number of rotatable bonds is 14. The highest BCUT2D eigenvalue weighted by atomic mass is 19.4. The van der Waals surface area contributed by atoms with Crippen molar-refractivity contribution in [3.05, 3.63) is 41.1 Å². The molecule has 0 spiro atoms. The average Bonchev–Trinajstić information content (AvgIpc) is 4.02. The van der Waals surface area contributed by atoms with Gasteiger partial charge in [0.2, 0.25) is 23.2 Å². The Labute approximate surface area is 314 Å². The summed E-state index contributed by atoms with van der Waals surface area (Å²) >= 11 is 0. The number of methoxy groups -OCH3 is 4. The smallest absolute Gasteiger partial charge is 0.416 e. The molecular weight excluding hydrogens is 709 g/mol. The summed E-state index contributed by atoms with van der Waals surface area (Å²) in [5, 5.41) is 10.8. The number of carbonyl (C=O) groups is 2. The SMILES string of the molecule is COc1c(OC)c(OC)c(N2CCC[C@@H](C(=O)N(Cc3ccc(/C(C=N)=C/N)cc3C(F)(F)F)C3CC3)C2)c(OC)c1OC(C)(C)C(=O)N1CCNCC1. The Kier molecular flexibility index (Phi) is 12.4. The fraction of sp³-hybridized carbons (Fsp3) is 0.553. The molecule has 1 saturated carbocycles. The summed E-state index contributed by atoms with van der Waals surface area (Å²) in [7, 11) is 5.82. The van der Waals surface area contributed by atoms with Gasteiger partial charge in [0.15, 0.2) is 17.1 Å². The number of nitrogens with two attached hydrogens (primary N) is 1. The third-order valence-electron chi connectivity index (χ3n) is 10.1. The van der Waals surface area contributed by atoms with Crippen LogP contribution in [0.5, 0.6) is 28.7 Å². The van der Waals surface area contributed by atoms with Crippen molar-refractivity contribution in [3.63, 3.8) is 0 Å². The summed E-state index contributed by atoms with van der Waals surface area (Å²) in [5.41, 5.74) is 4.02. The topological polar surface area (TPSA) is 152 Å². The molecule has 2 aromatic carbocycles. The van der Waals surface area contributed by atoms with E-state index in [-0.39, 0.29) is 76.4 Å². The number of anilines is 1. The number of nitrogens with one attached hydrogen (secondary N) is 2. The lowest BCUT2D eigenvalue weighted by Crippen LogP contribution is -2.54. The van der Waals surface area contributed by atoms with Crippen LogP contribution in [-0.2, 0) is 22.3 Å². The van der Waals surface area contributed by atoms with Crippen molar-refractivity contribution in [1.29, 1.82) is 5.41 Å². The van der Waals surface area contributed by atoms with E-state index in [1.165, 1.54) is 40.6 Å². The van der Waals surface area contributed by atoms with Crippen molar-refractivity contribution in [2.45, 2.75) is 63.9 Å². The van der Waals surface area contributed by atoms with Gasteiger partial charge in [0.05, 0.1) is 39.9 Å². The number of piperazine rings is 1. The molecule has 2 heterocycles. The highest BCUT2D eigenvalue weighted by molar-refractivity contribution is 6.08. The molecule has 16 heteroatoms.